The van der Waals surface area contributed by atoms with Crippen molar-refractivity contribution in [2.75, 3.05) is 6.54 Å². The van der Waals surface area contributed by atoms with Gasteiger partial charge in [0.25, 0.3) is 5.91 Å². The van der Waals surface area contributed by atoms with Gasteiger partial charge in [0.1, 0.15) is 24.3 Å². The molecule has 1 spiro atoms. The number of nitrogens with one attached hydrogen (secondary N) is 1. The lowest BCUT2D eigenvalue weighted by Gasteiger charge is -2.40. The van der Waals surface area contributed by atoms with Gasteiger partial charge >= 0.3 is 12.0 Å². The number of carbonyl (C=O) groups excluding carboxylic acids is 3. The lowest BCUT2D eigenvalue weighted by Crippen LogP contribution is -2.50. The smallest absolute Gasteiger partial charge is 0.326 e. The minimum absolute atomic E-state index is 0.0119. The Morgan fingerprint density at radius 2 is 2.00 bits per heavy atom. The van der Waals surface area contributed by atoms with Gasteiger partial charge in [-0.25, -0.2) is 9.78 Å². The second kappa shape index (κ2) is 7.66. The molecule has 1 saturated carbocycles. The van der Waals surface area contributed by atoms with E-state index in [0.717, 1.165) is 29.0 Å². The van der Waals surface area contributed by atoms with Gasteiger partial charge in [-0.05, 0) is 55.6 Å². The predicted octanol–water partition coefficient (Wildman–Crippen LogP) is 3.21. The summed E-state index contributed by atoms with van der Waals surface area (Å²) >= 11 is 0. The van der Waals surface area contributed by atoms with Crippen molar-refractivity contribution >= 4 is 23.6 Å². The number of rotatable bonds is 4. The van der Waals surface area contributed by atoms with Gasteiger partial charge in [0.2, 0.25) is 0 Å². The first-order valence-electron chi connectivity index (χ1n) is 10.8. The monoisotopic (exact) mass is 426 g/mol. The van der Waals surface area contributed by atoms with Crippen molar-refractivity contribution in [3.63, 3.8) is 0 Å². The van der Waals surface area contributed by atoms with E-state index >= 15 is 0 Å². The molecular weight excluding hydrogens is 396 g/mol. The summed E-state index contributed by atoms with van der Waals surface area (Å²) in [5.41, 5.74) is 1.73. The molecule has 2 aliphatic rings. The molecule has 1 aliphatic heterocycles. The first kappa shape index (κ1) is 21.3. The van der Waals surface area contributed by atoms with Crippen molar-refractivity contribution in [3.8, 4) is 0 Å². The maximum absolute atomic E-state index is 13.0. The van der Waals surface area contributed by atoms with Gasteiger partial charge in [-0.1, -0.05) is 26.8 Å². The molecule has 2 fully saturated rings. The zero-order valence-electron chi connectivity index (χ0n) is 18.6. The quantitative estimate of drug-likeness (QED) is 0.599. The van der Waals surface area contributed by atoms with E-state index in [4.69, 9.17) is 4.74 Å². The molecule has 0 aromatic carbocycles. The standard InChI is InChI=1S/C23H30N4O4/c1-15-6-5-11-26-12-17(24-19(15)26)14-31-18(28)13-27-20(29)23(25-21(27)30)9-7-16(8-10-23)22(2,3)4/h5-6,11-12,16H,7-10,13-14H2,1-4H3,(H,25,30). The van der Waals surface area contributed by atoms with Gasteiger partial charge in [-0.3, -0.25) is 14.5 Å². The minimum atomic E-state index is -0.877. The molecule has 3 heterocycles. The molecule has 0 unspecified atom stereocenters. The number of fused-ring (bicyclic) bond motifs is 1. The average molecular weight is 427 g/mol. The van der Waals surface area contributed by atoms with E-state index in [1.54, 1.807) is 6.20 Å². The van der Waals surface area contributed by atoms with Crippen LogP contribution < -0.4 is 5.32 Å². The molecule has 0 radical (unpaired) electrons. The summed E-state index contributed by atoms with van der Waals surface area (Å²) in [7, 11) is 0. The van der Waals surface area contributed by atoms with Crippen LogP contribution in [0.15, 0.2) is 24.5 Å². The van der Waals surface area contributed by atoms with Gasteiger partial charge in [0.05, 0.1) is 5.69 Å². The number of imidazole rings is 1. The molecule has 2 aromatic heterocycles. The zero-order valence-corrected chi connectivity index (χ0v) is 18.6. The summed E-state index contributed by atoms with van der Waals surface area (Å²) in [6.45, 7) is 8.18. The third-order valence-corrected chi connectivity index (χ3v) is 6.71. The van der Waals surface area contributed by atoms with Crippen LogP contribution in [0.4, 0.5) is 4.79 Å². The number of pyridine rings is 1. The van der Waals surface area contributed by atoms with Crippen molar-refractivity contribution in [1.82, 2.24) is 19.6 Å². The Labute approximate surface area is 182 Å². The number of nitrogens with zero attached hydrogens (tertiary/aromatic N) is 3. The summed E-state index contributed by atoms with van der Waals surface area (Å²) in [6, 6.07) is 3.36. The third-order valence-electron chi connectivity index (χ3n) is 6.71. The van der Waals surface area contributed by atoms with E-state index in [1.165, 1.54) is 0 Å². The molecule has 31 heavy (non-hydrogen) atoms. The Morgan fingerprint density at radius 1 is 1.29 bits per heavy atom. The fraction of sp³-hybridized carbons (Fsp3) is 0.565. The molecule has 3 amide bonds. The maximum Gasteiger partial charge on any atom is 0.326 e. The van der Waals surface area contributed by atoms with Gasteiger partial charge in [0, 0.05) is 12.4 Å². The van der Waals surface area contributed by atoms with Crippen LogP contribution in [0.25, 0.3) is 5.65 Å². The molecule has 8 nitrogen and oxygen atoms in total. The second-order valence-electron chi connectivity index (χ2n) is 9.86. The fourth-order valence-corrected chi connectivity index (χ4v) is 4.74. The highest BCUT2D eigenvalue weighted by Crippen LogP contribution is 2.43. The zero-order chi connectivity index (χ0) is 22.4. The van der Waals surface area contributed by atoms with Gasteiger partial charge in [0.15, 0.2) is 0 Å². The molecule has 166 valence electrons. The van der Waals surface area contributed by atoms with Crippen molar-refractivity contribution in [2.45, 2.75) is 65.5 Å². The van der Waals surface area contributed by atoms with Crippen LogP contribution in [0.3, 0.4) is 0 Å². The Kier molecular flexibility index (Phi) is 5.27. The number of ether oxygens (including phenoxy) is 1. The third kappa shape index (κ3) is 4.03. The topological polar surface area (TPSA) is 93.0 Å². The largest absolute Gasteiger partial charge is 0.458 e. The summed E-state index contributed by atoms with van der Waals surface area (Å²) < 4.78 is 7.17. The Morgan fingerprint density at radius 3 is 2.65 bits per heavy atom. The maximum atomic E-state index is 13.0. The van der Waals surface area contributed by atoms with Crippen LogP contribution in [0.1, 0.15) is 57.7 Å². The number of urea groups is 1. The van der Waals surface area contributed by atoms with Crippen molar-refractivity contribution in [2.24, 2.45) is 11.3 Å². The summed E-state index contributed by atoms with van der Waals surface area (Å²) in [5, 5.41) is 2.86. The second-order valence-corrected chi connectivity index (χ2v) is 9.86. The van der Waals surface area contributed by atoms with Crippen LogP contribution in [0, 0.1) is 18.3 Å². The normalized spacial score (nSPS) is 24.1. The minimum Gasteiger partial charge on any atom is -0.458 e. The highest BCUT2D eigenvalue weighted by Gasteiger charge is 2.53. The summed E-state index contributed by atoms with van der Waals surface area (Å²) in [6.07, 6.45) is 6.63. The lowest BCUT2D eigenvalue weighted by atomic mass is 9.67. The van der Waals surface area contributed by atoms with Gasteiger partial charge in [-0.15, -0.1) is 0 Å². The van der Waals surface area contributed by atoms with E-state index in [-0.39, 0.29) is 24.5 Å². The highest BCUT2D eigenvalue weighted by molar-refractivity contribution is 6.08. The summed E-state index contributed by atoms with van der Waals surface area (Å²) in [5.74, 6) is -0.432. The SMILES string of the molecule is Cc1cccn2cc(COC(=O)CN3C(=O)NC4(CCC(C(C)(C)C)CC4)C3=O)nc12. The molecule has 4 rings (SSSR count). The Hall–Kier alpha value is -2.90. The van der Waals surface area contributed by atoms with Crippen LogP contribution in [-0.2, 0) is 20.9 Å². The predicted molar refractivity (Wildman–Crippen MR) is 114 cm³/mol. The number of hydrogen-bond acceptors (Lipinski definition) is 5. The van der Waals surface area contributed by atoms with E-state index < -0.39 is 17.5 Å². The highest BCUT2D eigenvalue weighted by atomic mass is 16.5. The molecule has 2 aromatic rings. The molecule has 0 bridgehead atoms. The first-order valence-corrected chi connectivity index (χ1v) is 10.8. The van der Waals surface area contributed by atoms with E-state index in [2.05, 4.69) is 31.1 Å². The molecule has 0 atom stereocenters. The summed E-state index contributed by atoms with van der Waals surface area (Å²) in [4.78, 5) is 43.3. The molecule has 1 N–H and O–H groups in total. The average Bonchev–Trinajstić information content (AvgIpc) is 3.22. The number of esters is 1. The number of carbonyl (C=O) groups is 3. The van der Waals surface area contributed by atoms with Crippen molar-refractivity contribution < 1.29 is 19.1 Å². The Bertz CT molecular complexity index is 1030. The fourth-order valence-electron chi connectivity index (χ4n) is 4.74. The number of imide groups is 1. The van der Waals surface area contributed by atoms with Crippen molar-refractivity contribution in [3.05, 3.63) is 35.8 Å². The number of aromatic nitrogens is 2. The first-order chi connectivity index (χ1) is 14.6. The number of aryl methyl sites for hydroxylation is 1. The van der Waals surface area contributed by atoms with E-state index in [1.807, 2.05) is 29.7 Å². The van der Waals surface area contributed by atoms with Gasteiger partial charge in [-0.2, -0.15) is 0 Å². The van der Waals surface area contributed by atoms with Crippen LogP contribution in [-0.4, -0.2) is 44.3 Å². The number of amides is 3. The molecule has 8 heteroatoms. The number of hydrogen-bond donors (Lipinski definition) is 1. The van der Waals surface area contributed by atoms with E-state index in [0.29, 0.717) is 24.5 Å². The Balaban J connectivity index is 1.35. The van der Waals surface area contributed by atoms with Crippen LogP contribution in [0.5, 0.6) is 0 Å². The van der Waals surface area contributed by atoms with Crippen molar-refractivity contribution in [1.29, 1.82) is 0 Å². The van der Waals surface area contributed by atoms with E-state index in [9.17, 15) is 14.4 Å². The van der Waals surface area contributed by atoms with Crippen LogP contribution in [0.2, 0.25) is 0 Å². The molecule has 1 aliphatic carbocycles. The lowest BCUT2D eigenvalue weighted by molar-refractivity contribution is -0.149. The van der Waals surface area contributed by atoms with Gasteiger partial charge < -0.3 is 14.5 Å². The molecular formula is C23H30N4O4. The van der Waals surface area contributed by atoms with Crippen LogP contribution >= 0.6 is 0 Å². The molecule has 1 saturated heterocycles.